The Labute approximate surface area is 117 Å². The number of rotatable bonds is 5. The molecular weight excluding hydrogens is 260 g/mol. The molecule has 108 valence electrons. The second-order valence-corrected chi connectivity index (χ2v) is 4.60. The highest BCUT2D eigenvalue weighted by atomic mass is 16.5. The second kappa shape index (κ2) is 6.27. The van der Waals surface area contributed by atoms with Crippen molar-refractivity contribution in [3.05, 3.63) is 23.8 Å². The number of carbonyl (C=O) groups is 2. The zero-order chi connectivity index (χ0) is 14.5. The van der Waals surface area contributed by atoms with E-state index in [1.165, 1.54) is 13.2 Å². The van der Waals surface area contributed by atoms with Gasteiger partial charge in [0.2, 0.25) is 0 Å². The molecule has 0 aromatic heterocycles. The van der Waals surface area contributed by atoms with Crippen molar-refractivity contribution in [3.63, 3.8) is 0 Å². The molecule has 2 N–H and O–H groups in total. The van der Waals surface area contributed by atoms with Gasteiger partial charge in [0.15, 0.2) is 6.61 Å². The Hall–Kier alpha value is -2.24. The van der Waals surface area contributed by atoms with Gasteiger partial charge in [0.1, 0.15) is 11.5 Å². The highest BCUT2D eigenvalue weighted by Gasteiger charge is 2.19. The second-order valence-electron chi connectivity index (χ2n) is 4.60. The normalized spacial score (nSPS) is 14.2. The quantitative estimate of drug-likeness (QED) is 0.863. The topological polar surface area (TPSA) is 81.9 Å². The van der Waals surface area contributed by atoms with Crippen LogP contribution in [0.5, 0.6) is 11.5 Å². The van der Waals surface area contributed by atoms with Gasteiger partial charge in [-0.25, -0.2) is 0 Å². The lowest BCUT2D eigenvalue weighted by Gasteiger charge is -2.16. The maximum absolute atomic E-state index is 11.9. The standard InChI is InChI=1S/C14H18N2O4/c1-19-10-4-5-11(14(15)18)12(8-10)20-9-13(17)16-6-2-3-7-16/h4-5,8H,2-3,6-7,9H2,1H3,(H2,15,18). The van der Waals surface area contributed by atoms with Crippen LogP contribution in [0.15, 0.2) is 18.2 Å². The van der Waals surface area contributed by atoms with E-state index in [1.807, 2.05) is 0 Å². The number of hydrogen-bond acceptors (Lipinski definition) is 4. The summed E-state index contributed by atoms with van der Waals surface area (Å²) in [6.45, 7) is 1.43. The highest BCUT2D eigenvalue weighted by Crippen LogP contribution is 2.24. The van der Waals surface area contributed by atoms with Crippen molar-refractivity contribution in [2.75, 3.05) is 26.8 Å². The third kappa shape index (κ3) is 3.20. The third-order valence-corrected chi connectivity index (χ3v) is 3.26. The fourth-order valence-corrected chi connectivity index (χ4v) is 2.15. The number of nitrogens with two attached hydrogens (primary N) is 1. The van der Waals surface area contributed by atoms with Gasteiger partial charge in [-0.3, -0.25) is 9.59 Å². The average molecular weight is 278 g/mol. The monoisotopic (exact) mass is 278 g/mol. The van der Waals surface area contributed by atoms with Crippen LogP contribution in [0, 0.1) is 0 Å². The minimum Gasteiger partial charge on any atom is -0.497 e. The molecule has 20 heavy (non-hydrogen) atoms. The molecule has 0 spiro atoms. The van der Waals surface area contributed by atoms with Crippen molar-refractivity contribution in [1.82, 2.24) is 4.90 Å². The van der Waals surface area contributed by atoms with Crippen LogP contribution in [0.25, 0.3) is 0 Å². The summed E-state index contributed by atoms with van der Waals surface area (Å²) in [5.41, 5.74) is 5.52. The minimum absolute atomic E-state index is 0.0826. The number of likely N-dealkylation sites (tertiary alicyclic amines) is 1. The van der Waals surface area contributed by atoms with Gasteiger partial charge in [-0.2, -0.15) is 0 Å². The van der Waals surface area contributed by atoms with Crippen LogP contribution in [-0.4, -0.2) is 43.5 Å². The molecule has 0 aliphatic carbocycles. The molecule has 1 fully saturated rings. The predicted molar refractivity (Wildman–Crippen MR) is 72.8 cm³/mol. The number of hydrogen-bond donors (Lipinski definition) is 1. The van der Waals surface area contributed by atoms with E-state index in [4.69, 9.17) is 15.2 Å². The van der Waals surface area contributed by atoms with Crippen LogP contribution >= 0.6 is 0 Å². The molecule has 6 heteroatoms. The Bertz CT molecular complexity index is 510. The summed E-state index contributed by atoms with van der Waals surface area (Å²) in [6, 6.07) is 4.70. The van der Waals surface area contributed by atoms with Crippen LogP contribution in [0.1, 0.15) is 23.2 Å². The first-order chi connectivity index (χ1) is 9.61. The maximum Gasteiger partial charge on any atom is 0.260 e. The fraction of sp³-hybridized carbons (Fsp3) is 0.429. The van der Waals surface area contributed by atoms with Crippen molar-refractivity contribution in [2.45, 2.75) is 12.8 Å². The molecule has 1 aromatic carbocycles. The Morgan fingerprint density at radius 3 is 2.60 bits per heavy atom. The lowest BCUT2D eigenvalue weighted by Crippen LogP contribution is -2.32. The van der Waals surface area contributed by atoms with Gasteiger partial charge < -0.3 is 20.1 Å². The molecule has 6 nitrogen and oxygen atoms in total. The highest BCUT2D eigenvalue weighted by molar-refractivity contribution is 5.96. The number of benzene rings is 1. The van der Waals surface area contributed by atoms with E-state index < -0.39 is 5.91 Å². The van der Waals surface area contributed by atoms with Gasteiger partial charge in [-0.1, -0.05) is 0 Å². The van der Waals surface area contributed by atoms with Crippen molar-refractivity contribution in [3.8, 4) is 11.5 Å². The van der Waals surface area contributed by atoms with E-state index in [1.54, 1.807) is 17.0 Å². The SMILES string of the molecule is COc1ccc(C(N)=O)c(OCC(=O)N2CCCC2)c1. The molecule has 1 heterocycles. The maximum atomic E-state index is 11.9. The third-order valence-electron chi connectivity index (χ3n) is 3.26. The summed E-state index contributed by atoms with van der Waals surface area (Å²) < 4.78 is 10.5. The van der Waals surface area contributed by atoms with E-state index in [0.29, 0.717) is 5.75 Å². The smallest absolute Gasteiger partial charge is 0.260 e. The van der Waals surface area contributed by atoms with E-state index in [-0.39, 0.29) is 23.8 Å². The first kappa shape index (κ1) is 14.2. The molecular formula is C14H18N2O4. The number of carbonyl (C=O) groups excluding carboxylic acids is 2. The molecule has 1 aliphatic heterocycles. The summed E-state index contributed by atoms with van der Waals surface area (Å²) in [5, 5.41) is 0. The van der Waals surface area contributed by atoms with Gasteiger partial charge in [-0.15, -0.1) is 0 Å². The number of nitrogens with zero attached hydrogens (tertiary/aromatic N) is 1. The zero-order valence-electron chi connectivity index (χ0n) is 11.4. The van der Waals surface area contributed by atoms with E-state index in [2.05, 4.69) is 0 Å². The van der Waals surface area contributed by atoms with Crippen LogP contribution in [-0.2, 0) is 4.79 Å². The van der Waals surface area contributed by atoms with Gasteiger partial charge in [-0.05, 0) is 25.0 Å². The zero-order valence-corrected chi connectivity index (χ0v) is 11.4. The summed E-state index contributed by atoms with van der Waals surface area (Å²) in [4.78, 5) is 25.0. The van der Waals surface area contributed by atoms with Crippen molar-refractivity contribution >= 4 is 11.8 Å². The Balaban J connectivity index is 2.06. The molecule has 2 amide bonds. The van der Waals surface area contributed by atoms with Gasteiger partial charge in [0.25, 0.3) is 11.8 Å². The molecule has 0 atom stereocenters. The Morgan fingerprint density at radius 2 is 2.00 bits per heavy atom. The van der Waals surface area contributed by atoms with Crippen LogP contribution in [0.3, 0.4) is 0 Å². The first-order valence-electron chi connectivity index (χ1n) is 6.50. The van der Waals surface area contributed by atoms with Crippen molar-refractivity contribution in [1.29, 1.82) is 0 Å². The minimum atomic E-state index is -0.601. The molecule has 1 saturated heterocycles. The molecule has 1 aliphatic rings. The Morgan fingerprint density at radius 1 is 1.30 bits per heavy atom. The van der Waals surface area contributed by atoms with E-state index >= 15 is 0 Å². The van der Waals surface area contributed by atoms with Gasteiger partial charge in [0.05, 0.1) is 12.7 Å². The number of ether oxygens (including phenoxy) is 2. The average Bonchev–Trinajstić information content (AvgIpc) is 2.98. The molecule has 2 rings (SSSR count). The first-order valence-corrected chi connectivity index (χ1v) is 6.50. The van der Waals surface area contributed by atoms with Crippen molar-refractivity contribution in [2.24, 2.45) is 5.73 Å². The summed E-state index contributed by atoms with van der Waals surface area (Å²) in [7, 11) is 1.51. The van der Waals surface area contributed by atoms with Crippen LogP contribution < -0.4 is 15.2 Å². The number of amides is 2. The van der Waals surface area contributed by atoms with Crippen molar-refractivity contribution < 1.29 is 19.1 Å². The number of primary amides is 1. The summed E-state index contributed by atoms with van der Waals surface area (Å²) in [5.74, 6) is 0.125. The molecule has 0 unspecified atom stereocenters. The molecule has 1 aromatic rings. The Kier molecular flexibility index (Phi) is 4.45. The lowest BCUT2D eigenvalue weighted by atomic mass is 10.2. The number of methoxy groups -OCH3 is 1. The fourth-order valence-electron chi connectivity index (χ4n) is 2.15. The van der Waals surface area contributed by atoms with E-state index in [0.717, 1.165) is 25.9 Å². The van der Waals surface area contributed by atoms with Gasteiger partial charge in [0, 0.05) is 19.2 Å². The molecule has 0 radical (unpaired) electrons. The van der Waals surface area contributed by atoms with Gasteiger partial charge >= 0.3 is 0 Å². The van der Waals surface area contributed by atoms with Crippen LogP contribution in [0.4, 0.5) is 0 Å². The molecule has 0 saturated carbocycles. The summed E-state index contributed by atoms with van der Waals surface area (Å²) in [6.07, 6.45) is 2.05. The predicted octanol–water partition coefficient (Wildman–Crippen LogP) is 0.795. The lowest BCUT2D eigenvalue weighted by molar-refractivity contribution is -0.132. The molecule has 0 bridgehead atoms. The van der Waals surface area contributed by atoms with Crippen LogP contribution in [0.2, 0.25) is 0 Å². The largest absolute Gasteiger partial charge is 0.497 e. The van der Waals surface area contributed by atoms with E-state index in [9.17, 15) is 9.59 Å². The summed E-state index contributed by atoms with van der Waals surface area (Å²) >= 11 is 0.